The number of rotatable bonds is 4. The fraction of sp³-hybridized carbons (Fsp3) is 0.500. The van der Waals surface area contributed by atoms with Crippen molar-refractivity contribution in [3.05, 3.63) is 12.0 Å². The number of ether oxygens (including phenoxy) is 1. The molecule has 0 N–H and O–H groups in total. The molecular weight excluding hydrogens is 256 g/mol. The molecule has 0 saturated heterocycles. The molecule has 0 bridgehead atoms. The van der Waals surface area contributed by atoms with Gasteiger partial charge in [-0.3, -0.25) is 4.79 Å². The van der Waals surface area contributed by atoms with Gasteiger partial charge in [-0.25, -0.2) is 13.4 Å². The van der Waals surface area contributed by atoms with E-state index in [0.29, 0.717) is 12.2 Å². The first-order chi connectivity index (χ1) is 7.38. The van der Waals surface area contributed by atoms with Crippen molar-refractivity contribution in [2.45, 2.75) is 24.9 Å². The van der Waals surface area contributed by atoms with E-state index in [4.69, 9.17) is 10.7 Å². The number of nitrogens with zero attached hydrogens (tertiary/aromatic N) is 2. The van der Waals surface area contributed by atoms with Crippen LogP contribution in [-0.2, 0) is 31.5 Å². The zero-order valence-corrected chi connectivity index (χ0v) is 10.4. The van der Waals surface area contributed by atoms with Gasteiger partial charge < -0.3 is 9.30 Å². The summed E-state index contributed by atoms with van der Waals surface area (Å²) in [5.41, 5.74) is 0. The average Bonchev–Trinajstić information content (AvgIpc) is 2.60. The summed E-state index contributed by atoms with van der Waals surface area (Å²) in [6.45, 7) is 1.71. The monoisotopic (exact) mass is 266 g/mol. The lowest BCUT2D eigenvalue weighted by atomic mass is 10.4. The Morgan fingerprint density at radius 3 is 2.69 bits per heavy atom. The highest BCUT2D eigenvalue weighted by molar-refractivity contribution is 8.13. The smallest absolute Gasteiger partial charge is 0.325 e. The molecule has 0 atom stereocenters. The van der Waals surface area contributed by atoms with Crippen molar-refractivity contribution < 1.29 is 17.9 Å². The molecular formula is C8H11ClN2O4S. The van der Waals surface area contributed by atoms with Crippen molar-refractivity contribution >= 4 is 25.7 Å². The normalized spacial score (nSPS) is 11.4. The van der Waals surface area contributed by atoms with Crippen LogP contribution in [0.5, 0.6) is 0 Å². The van der Waals surface area contributed by atoms with E-state index in [1.54, 1.807) is 6.92 Å². The van der Waals surface area contributed by atoms with Crippen molar-refractivity contribution in [1.82, 2.24) is 9.55 Å². The third-order valence-corrected chi connectivity index (χ3v) is 3.10. The molecule has 0 aliphatic heterocycles. The Labute approximate surface area is 97.6 Å². The minimum Gasteiger partial charge on any atom is -0.468 e. The Morgan fingerprint density at radius 1 is 1.62 bits per heavy atom. The number of esters is 1. The van der Waals surface area contributed by atoms with Crippen molar-refractivity contribution in [3.63, 3.8) is 0 Å². The predicted octanol–water partition coefficient (Wildman–Crippen LogP) is 0.546. The summed E-state index contributed by atoms with van der Waals surface area (Å²) in [6, 6.07) is 0. The van der Waals surface area contributed by atoms with Gasteiger partial charge in [-0.1, -0.05) is 6.92 Å². The maximum Gasteiger partial charge on any atom is 0.325 e. The number of aromatic nitrogens is 2. The van der Waals surface area contributed by atoms with Crippen LogP contribution in [0.1, 0.15) is 12.7 Å². The standard InChI is InChI=1S/C8H11ClN2O4S/c1-3-6-10-7(16(9,13)14)4-11(6)5-8(12)15-2/h4H,3,5H2,1-2H3. The van der Waals surface area contributed by atoms with Gasteiger partial charge in [0.05, 0.1) is 7.11 Å². The second kappa shape index (κ2) is 4.84. The third-order valence-electron chi connectivity index (χ3n) is 1.93. The quantitative estimate of drug-likeness (QED) is 0.587. The molecule has 0 aliphatic rings. The number of imidazole rings is 1. The van der Waals surface area contributed by atoms with Crippen LogP contribution in [0.25, 0.3) is 0 Å². The lowest BCUT2D eigenvalue weighted by molar-refractivity contribution is -0.141. The number of hydrogen-bond acceptors (Lipinski definition) is 5. The first-order valence-corrected chi connectivity index (χ1v) is 6.77. The zero-order chi connectivity index (χ0) is 12.3. The molecule has 0 aliphatic carbocycles. The molecule has 0 spiro atoms. The summed E-state index contributed by atoms with van der Waals surface area (Å²) in [4.78, 5) is 14.9. The van der Waals surface area contributed by atoms with Gasteiger partial charge in [0.1, 0.15) is 12.4 Å². The van der Waals surface area contributed by atoms with E-state index in [0.717, 1.165) is 0 Å². The molecule has 8 heteroatoms. The van der Waals surface area contributed by atoms with Crippen molar-refractivity contribution in [2.75, 3.05) is 7.11 Å². The molecule has 0 saturated carbocycles. The largest absolute Gasteiger partial charge is 0.468 e. The van der Waals surface area contributed by atoms with Gasteiger partial charge in [-0.15, -0.1) is 0 Å². The number of halogens is 1. The number of carbonyl (C=O) groups is 1. The summed E-state index contributed by atoms with van der Waals surface area (Å²) in [7, 11) is 2.54. The Kier molecular flexibility index (Phi) is 3.93. The first kappa shape index (κ1) is 13.0. The Bertz CT molecular complexity index is 494. The second-order valence-corrected chi connectivity index (χ2v) is 5.50. The van der Waals surface area contributed by atoms with Crippen molar-refractivity contribution in [3.8, 4) is 0 Å². The highest BCUT2D eigenvalue weighted by Gasteiger charge is 2.18. The van der Waals surface area contributed by atoms with E-state index in [-0.39, 0.29) is 11.6 Å². The molecule has 0 fully saturated rings. The van der Waals surface area contributed by atoms with E-state index in [1.807, 2.05) is 0 Å². The molecule has 0 amide bonds. The topological polar surface area (TPSA) is 78.3 Å². The van der Waals surface area contributed by atoms with Gasteiger partial charge in [-0.2, -0.15) is 0 Å². The Morgan fingerprint density at radius 2 is 2.25 bits per heavy atom. The van der Waals surface area contributed by atoms with E-state index in [9.17, 15) is 13.2 Å². The van der Waals surface area contributed by atoms with Gasteiger partial charge >= 0.3 is 5.97 Å². The SMILES string of the molecule is CCc1nc(S(=O)(=O)Cl)cn1CC(=O)OC. The number of hydrogen-bond donors (Lipinski definition) is 0. The molecule has 0 aromatic carbocycles. The molecule has 1 aromatic rings. The van der Waals surface area contributed by atoms with Crippen LogP contribution in [0.2, 0.25) is 0 Å². The maximum absolute atomic E-state index is 11.1. The van der Waals surface area contributed by atoms with E-state index >= 15 is 0 Å². The van der Waals surface area contributed by atoms with Crippen LogP contribution in [0.4, 0.5) is 0 Å². The van der Waals surface area contributed by atoms with E-state index in [2.05, 4.69) is 9.72 Å². The fourth-order valence-electron chi connectivity index (χ4n) is 1.17. The van der Waals surface area contributed by atoms with Crippen LogP contribution in [0.15, 0.2) is 11.2 Å². The number of aryl methyl sites for hydroxylation is 1. The fourth-order valence-corrected chi connectivity index (χ4v) is 1.86. The number of methoxy groups -OCH3 is 1. The average molecular weight is 267 g/mol. The Balaban J connectivity index is 3.09. The van der Waals surface area contributed by atoms with Gasteiger partial charge in [-0.05, 0) is 0 Å². The summed E-state index contributed by atoms with van der Waals surface area (Å²) in [5.74, 6) is -0.0183. The minimum absolute atomic E-state index is 0.0842. The molecule has 1 aromatic heterocycles. The van der Waals surface area contributed by atoms with E-state index in [1.165, 1.54) is 17.9 Å². The van der Waals surface area contributed by atoms with Gasteiger partial charge in [0.2, 0.25) is 0 Å². The van der Waals surface area contributed by atoms with Crippen molar-refractivity contribution in [1.29, 1.82) is 0 Å². The minimum atomic E-state index is -3.87. The molecule has 16 heavy (non-hydrogen) atoms. The summed E-state index contributed by atoms with van der Waals surface area (Å²) < 4.78 is 28.0. The molecule has 0 unspecified atom stereocenters. The predicted molar refractivity (Wildman–Crippen MR) is 56.7 cm³/mol. The first-order valence-electron chi connectivity index (χ1n) is 4.46. The molecule has 1 heterocycles. The van der Waals surface area contributed by atoms with Crippen LogP contribution < -0.4 is 0 Å². The van der Waals surface area contributed by atoms with Crippen molar-refractivity contribution in [2.24, 2.45) is 0 Å². The second-order valence-electron chi connectivity index (χ2n) is 2.99. The lowest BCUT2D eigenvalue weighted by Crippen LogP contribution is -2.12. The summed E-state index contributed by atoms with van der Waals surface area (Å²) in [5, 5.41) is -0.255. The molecule has 90 valence electrons. The highest BCUT2D eigenvalue weighted by Crippen LogP contribution is 2.14. The highest BCUT2D eigenvalue weighted by atomic mass is 35.7. The lowest BCUT2D eigenvalue weighted by Gasteiger charge is -2.03. The molecule has 0 radical (unpaired) electrons. The van der Waals surface area contributed by atoms with Gasteiger partial charge in [0.25, 0.3) is 9.05 Å². The molecule has 1 rings (SSSR count). The van der Waals surface area contributed by atoms with Gasteiger partial charge in [0, 0.05) is 23.3 Å². The van der Waals surface area contributed by atoms with Crippen LogP contribution >= 0.6 is 10.7 Å². The Hall–Kier alpha value is -1.08. The van der Waals surface area contributed by atoms with Gasteiger partial charge in [0.15, 0.2) is 5.03 Å². The van der Waals surface area contributed by atoms with Crippen LogP contribution in [-0.4, -0.2) is 31.0 Å². The third kappa shape index (κ3) is 2.96. The summed E-state index contributed by atoms with van der Waals surface area (Å²) in [6.07, 6.45) is 1.71. The maximum atomic E-state index is 11.1. The summed E-state index contributed by atoms with van der Waals surface area (Å²) >= 11 is 0. The zero-order valence-electron chi connectivity index (χ0n) is 8.81. The molecule has 6 nitrogen and oxygen atoms in total. The van der Waals surface area contributed by atoms with Crippen LogP contribution in [0.3, 0.4) is 0 Å². The van der Waals surface area contributed by atoms with E-state index < -0.39 is 15.0 Å². The number of carbonyl (C=O) groups excluding carboxylic acids is 1. The van der Waals surface area contributed by atoms with Crippen LogP contribution in [0, 0.1) is 0 Å².